The van der Waals surface area contributed by atoms with E-state index in [2.05, 4.69) is 11.8 Å². The molecule has 0 heterocycles. The van der Waals surface area contributed by atoms with E-state index >= 15 is 0 Å². The lowest BCUT2D eigenvalue weighted by atomic mass is 10.1. The van der Waals surface area contributed by atoms with Gasteiger partial charge in [0.2, 0.25) is 0 Å². The third-order valence-electron chi connectivity index (χ3n) is 4.22. The molecule has 0 bridgehead atoms. The van der Waals surface area contributed by atoms with Crippen molar-refractivity contribution in [1.29, 1.82) is 0 Å². The number of carbonyl (C=O) groups excluding carboxylic acids is 2. The SMILES string of the molecule is COC(=O)c1cccc(CN(C(=O)C#Cc2ccccc2)c2ccc(F)cc2Cl)c1. The highest BCUT2D eigenvalue weighted by Crippen LogP contribution is 2.28. The fourth-order valence-corrected chi connectivity index (χ4v) is 3.05. The molecule has 0 saturated carbocycles. The van der Waals surface area contributed by atoms with Crippen molar-refractivity contribution < 1.29 is 18.7 Å². The van der Waals surface area contributed by atoms with Crippen LogP contribution in [0.25, 0.3) is 0 Å². The number of hydrogen-bond acceptors (Lipinski definition) is 3. The van der Waals surface area contributed by atoms with Gasteiger partial charge in [-0.25, -0.2) is 9.18 Å². The van der Waals surface area contributed by atoms with Crippen LogP contribution >= 0.6 is 11.6 Å². The van der Waals surface area contributed by atoms with Crippen molar-refractivity contribution in [3.63, 3.8) is 0 Å². The van der Waals surface area contributed by atoms with Gasteiger partial charge in [0, 0.05) is 11.5 Å². The Kier molecular flexibility index (Phi) is 6.84. The van der Waals surface area contributed by atoms with E-state index in [1.54, 1.807) is 36.4 Å². The van der Waals surface area contributed by atoms with Crippen molar-refractivity contribution >= 4 is 29.2 Å². The van der Waals surface area contributed by atoms with Crippen LogP contribution in [-0.2, 0) is 16.1 Å². The number of nitrogens with zero attached hydrogens (tertiary/aromatic N) is 1. The lowest BCUT2D eigenvalue weighted by molar-refractivity contribution is -0.113. The van der Waals surface area contributed by atoms with E-state index in [1.807, 2.05) is 18.2 Å². The standard InChI is InChI=1S/C24H17ClFNO3/c1-30-24(29)19-9-5-8-18(14-19)16-27(22-12-11-20(26)15-21(22)25)23(28)13-10-17-6-3-2-4-7-17/h2-9,11-12,14-15H,16H2,1H3. The largest absolute Gasteiger partial charge is 0.465 e. The van der Waals surface area contributed by atoms with Crippen molar-refractivity contribution in [3.8, 4) is 11.8 Å². The van der Waals surface area contributed by atoms with Crippen LogP contribution in [0.1, 0.15) is 21.5 Å². The molecule has 0 aromatic heterocycles. The first-order valence-corrected chi connectivity index (χ1v) is 9.36. The van der Waals surface area contributed by atoms with Crippen molar-refractivity contribution in [2.24, 2.45) is 0 Å². The highest BCUT2D eigenvalue weighted by molar-refractivity contribution is 6.34. The van der Waals surface area contributed by atoms with Gasteiger partial charge in [0.15, 0.2) is 0 Å². The van der Waals surface area contributed by atoms with Crippen LogP contribution in [0.4, 0.5) is 10.1 Å². The summed E-state index contributed by atoms with van der Waals surface area (Å²) in [4.78, 5) is 26.1. The minimum Gasteiger partial charge on any atom is -0.465 e. The molecule has 0 unspecified atom stereocenters. The first kappa shape index (κ1) is 21.1. The smallest absolute Gasteiger partial charge is 0.337 e. The number of amides is 1. The minimum absolute atomic E-state index is 0.0778. The van der Waals surface area contributed by atoms with E-state index in [9.17, 15) is 14.0 Å². The summed E-state index contributed by atoms with van der Waals surface area (Å²) in [5.41, 5.74) is 2.01. The van der Waals surface area contributed by atoms with Gasteiger partial charge in [-0.2, -0.15) is 0 Å². The molecule has 4 nitrogen and oxygen atoms in total. The fraction of sp³-hybridized carbons (Fsp3) is 0.0833. The number of esters is 1. The van der Waals surface area contributed by atoms with Gasteiger partial charge in [-0.1, -0.05) is 47.9 Å². The van der Waals surface area contributed by atoms with E-state index < -0.39 is 17.7 Å². The molecular weight excluding hydrogens is 405 g/mol. The maximum atomic E-state index is 13.5. The molecule has 3 aromatic rings. The summed E-state index contributed by atoms with van der Waals surface area (Å²) in [5.74, 6) is 3.90. The second kappa shape index (κ2) is 9.73. The summed E-state index contributed by atoms with van der Waals surface area (Å²) in [6.07, 6.45) is 0. The second-order valence-electron chi connectivity index (χ2n) is 6.30. The highest BCUT2D eigenvalue weighted by atomic mass is 35.5. The first-order chi connectivity index (χ1) is 14.5. The van der Waals surface area contributed by atoms with Crippen LogP contribution in [0, 0.1) is 17.7 Å². The lowest BCUT2D eigenvalue weighted by Crippen LogP contribution is -2.29. The molecule has 0 aliphatic rings. The van der Waals surface area contributed by atoms with Crippen molar-refractivity contribution in [2.75, 3.05) is 12.0 Å². The summed E-state index contributed by atoms with van der Waals surface area (Å²) in [7, 11) is 1.29. The number of methoxy groups -OCH3 is 1. The molecule has 150 valence electrons. The number of carbonyl (C=O) groups is 2. The molecule has 0 aliphatic carbocycles. The van der Waals surface area contributed by atoms with Crippen LogP contribution < -0.4 is 4.90 Å². The molecule has 0 N–H and O–H groups in total. The monoisotopic (exact) mass is 421 g/mol. The number of hydrogen-bond donors (Lipinski definition) is 0. The van der Waals surface area contributed by atoms with Crippen molar-refractivity contribution in [3.05, 3.63) is 100 Å². The fourth-order valence-electron chi connectivity index (χ4n) is 2.78. The second-order valence-corrected chi connectivity index (χ2v) is 6.70. The van der Waals surface area contributed by atoms with Crippen LogP contribution in [0.2, 0.25) is 5.02 Å². The summed E-state index contributed by atoms with van der Waals surface area (Å²) < 4.78 is 18.3. The van der Waals surface area contributed by atoms with Crippen LogP contribution in [0.3, 0.4) is 0 Å². The summed E-state index contributed by atoms with van der Waals surface area (Å²) in [5, 5.41) is 0.0778. The van der Waals surface area contributed by atoms with Gasteiger partial charge in [-0.15, -0.1) is 0 Å². The van der Waals surface area contributed by atoms with E-state index in [1.165, 1.54) is 24.1 Å². The summed E-state index contributed by atoms with van der Waals surface area (Å²) >= 11 is 6.20. The Morgan fingerprint density at radius 2 is 1.80 bits per heavy atom. The van der Waals surface area contributed by atoms with E-state index in [4.69, 9.17) is 16.3 Å². The lowest BCUT2D eigenvalue weighted by Gasteiger charge is -2.22. The van der Waals surface area contributed by atoms with Gasteiger partial charge in [0.25, 0.3) is 0 Å². The maximum Gasteiger partial charge on any atom is 0.337 e. The first-order valence-electron chi connectivity index (χ1n) is 8.99. The van der Waals surface area contributed by atoms with Gasteiger partial charge in [0.1, 0.15) is 5.82 Å². The predicted molar refractivity (Wildman–Crippen MR) is 114 cm³/mol. The Balaban J connectivity index is 1.97. The number of rotatable bonds is 4. The normalized spacial score (nSPS) is 9.97. The predicted octanol–water partition coefficient (Wildman–Crippen LogP) is 4.85. The minimum atomic E-state index is -0.518. The van der Waals surface area contributed by atoms with Gasteiger partial charge >= 0.3 is 11.9 Å². The third kappa shape index (κ3) is 5.25. The van der Waals surface area contributed by atoms with Crippen molar-refractivity contribution in [1.82, 2.24) is 0 Å². The van der Waals surface area contributed by atoms with Crippen molar-refractivity contribution in [2.45, 2.75) is 6.54 Å². The Hall–Kier alpha value is -3.62. The maximum absolute atomic E-state index is 13.5. The number of ether oxygens (including phenoxy) is 1. The quantitative estimate of drug-likeness (QED) is 0.447. The average molecular weight is 422 g/mol. The number of halogens is 2. The number of anilines is 1. The molecule has 1 amide bonds. The average Bonchev–Trinajstić information content (AvgIpc) is 2.76. The Morgan fingerprint density at radius 3 is 2.50 bits per heavy atom. The highest BCUT2D eigenvalue weighted by Gasteiger charge is 2.19. The number of benzene rings is 3. The molecule has 3 rings (SSSR count). The Morgan fingerprint density at radius 1 is 1.03 bits per heavy atom. The zero-order valence-electron chi connectivity index (χ0n) is 16.1. The molecule has 0 spiro atoms. The van der Waals surface area contributed by atoms with Crippen LogP contribution in [-0.4, -0.2) is 19.0 Å². The molecule has 6 heteroatoms. The zero-order chi connectivity index (χ0) is 21.5. The molecule has 0 saturated heterocycles. The molecule has 0 fully saturated rings. The summed E-state index contributed by atoms with van der Waals surface area (Å²) in [6.45, 7) is 0.0818. The summed E-state index contributed by atoms with van der Waals surface area (Å²) in [6, 6.07) is 19.5. The molecule has 3 aromatic carbocycles. The van der Waals surface area contributed by atoms with Gasteiger partial charge in [-0.05, 0) is 48.0 Å². The van der Waals surface area contributed by atoms with E-state index in [0.29, 0.717) is 22.4 Å². The Bertz CT molecular complexity index is 1140. The Labute approximate surface area is 178 Å². The molecule has 0 atom stereocenters. The van der Waals surface area contributed by atoms with E-state index in [0.717, 1.165) is 6.07 Å². The van der Waals surface area contributed by atoms with Gasteiger partial charge < -0.3 is 4.74 Å². The van der Waals surface area contributed by atoms with Crippen LogP contribution in [0.5, 0.6) is 0 Å². The zero-order valence-corrected chi connectivity index (χ0v) is 16.8. The molecule has 30 heavy (non-hydrogen) atoms. The molecule has 0 radical (unpaired) electrons. The van der Waals surface area contributed by atoms with E-state index in [-0.39, 0.29) is 11.6 Å². The van der Waals surface area contributed by atoms with Crippen LogP contribution in [0.15, 0.2) is 72.8 Å². The van der Waals surface area contributed by atoms with Gasteiger partial charge in [-0.3, -0.25) is 9.69 Å². The third-order valence-corrected chi connectivity index (χ3v) is 4.52. The molecule has 0 aliphatic heterocycles. The topological polar surface area (TPSA) is 46.6 Å². The van der Waals surface area contributed by atoms with Gasteiger partial charge in [0.05, 0.1) is 29.9 Å². The molecular formula is C24H17ClFNO3.